The van der Waals surface area contributed by atoms with Crippen molar-refractivity contribution in [3.63, 3.8) is 0 Å². The van der Waals surface area contributed by atoms with Crippen LogP contribution in [0.2, 0.25) is 0 Å². The molecule has 0 spiro atoms. The zero-order chi connectivity index (χ0) is 24.8. The first-order valence-corrected chi connectivity index (χ1v) is 12.6. The van der Waals surface area contributed by atoms with Crippen LogP contribution in [0.3, 0.4) is 0 Å². The van der Waals surface area contributed by atoms with E-state index < -0.39 is 17.2 Å². The molecule has 1 aliphatic carbocycles. The first kappa shape index (κ1) is 24.2. The van der Waals surface area contributed by atoms with Crippen LogP contribution in [0.4, 0.5) is 13.2 Å². The zero-order valence-corrected chi connectivity index (χ0v) is 20.3. The van der Waals surface area contributed by atoms with Crippen LogP contribution < -0.4 is 0 Å². The average Bonchev–Trinajstić information content (AvgIpc) is 3.54. The fourth-order valence-electron chi connectivity index (χ4n) is 6.32. The van der Waals surface area contributed by atoms with Crippen molar-refractivity contribution in [2.24, 2.45) is 11.3 Å². The Kier molecular flexibility index (Phi) is 6.35. The molecule has 10 heteroatoms. The zero-order valence-electron chi connectivity index (χ0n) is 20.3. The normalized spacial score (nSPS) is 26.3. The molecule has 1 unspecified atom stereocenters. The molecular formula is C25H33F3N6O. The molecular weight excluding hydrogens is 457 g/mol. The van der Waals surface area contributed by atoms with E-state index in [9.17, 15) is 18.0 Å². The standard InChI is InChI=1S/C25H33F3N6O/c1-17(2)24(7-3-21(14-24)32-9-4-20(5-10-32)34-12-8-30-31-34)23(35)33-11-6-22-18(16-33)13-19(15-29-22)25(26,27)28/h8,12-13,15,17,20-21H,3-7,9-11,14,16H2,1-2H3/t21?,24-/m0/s1. The van der Waals surface area contributed by atoms with Crippen molar-refractivity contribution in [1.29, 1.82) is 0 Å². The van der Waals surface area contributed by atoms with Gasteiger partial charge >= 0.3 is 6.18 Å². The van der Waals surface area contributed by atoms with Gasteiger partial charge in [-0.1, -0.05) is 19.1 Å². The Balaban J connectivity index is 1.27. The number of halogens is 3. The number of likely N-dealkylation sites (tertiary alicyclic amines) is 1. The Morgan fingerprint density at radius 2 is 1.91 bits per heavy atom. The Labute approximate surface area is 203 Å². The Bertz CT molecular complexity index is 1050. The fourth-order valence-corrected chi connectivity index (χ4v) is 6.32. The lowest BCUT2D eigenvalue weighted by molar-refractivity contribution is -0.146. The minimum atomic E-state index is -4.44. The summed E-state index contributed by atoms with van der Waals surface area (Å²) in [5.74, 6) is 0.254. The van der Waals surface area contributed by atoms with Gasteiger partial charge in [0.15, 0.2) is 0 Å². The number of piperidine rings is 1. The first-order valence-electron chi connectivity index (χ1n) is 12.6. The summed E-state index contributed by atoms with van der Waals surface area (Å²) in [5, 5.41) is 8.07. The lowest BCUT2D eigenvalue weighted by atomic mass is 9.73. The summed E-state index contributed by atoms with van der Waals surface area (Å²) in [6, 6.07) is 1.89. The van der Waals surface area contributed by atoms with E-state index in [2.05, 4.69) is 34.0 Å². The van der Waals surface area contributed by atoms with Gasteiger partial charge in [-0.3, -0.25) is 9.78 Å². The van der Waals surface area contributed by atoms with Gasteiger partial charge in [0.2, 0.25) is 5.91 Å². The lowest BCUT2D eigenvalue weighted by Gasteiger charge is -2.41. The van der Waals surface area contributed by atoms with Crippen molar-refractivity contribution in [2.45, 2.75) is 77.2 Å². The summed E-state index contributed by atoms with van der Waals surface area (Å²) in [5.41, 5.74) is -0.0393. The van der Waals surface area contributed by atoms with Crippen LogP contribution in [0.5, 0.6) is 0 Å². The molecule has 2 atom stereocenters. The highest BCUT2D eigenvalue weighted by Gasteiger charge is 2.51. The molecule has 3 aliphatic rings. The van der Waals surface area contributed by atoms with Gasteiger partial charge in [0.1, 0.15) is 0 Å². The van der Waals surface area contributed by atoms with Gasteiger partial charge in [-0.25, -0.2) is 4.68 Å². The van der Waals surface area contributed by atoms with Crippen LogP contribution in [0, 0.1) is 11.3 Å². The summed E-state index contributed by atoms with van der Waals surface area (Å²) >= 11 is 0. The van der Waals surface area contributed by atoms with Gasteiger partial charge in [-0.05, 0) is 49.7 Å². The van der Waals surface area contributed by atoms with Gasteiger partial charge in [0, 0.05) is 56.7 Å². The smallest absolute Gasteiger partial charge is 0.337 e. The van der Waals surface area contributed by atoms with Crippen molar-refractivity contribution in [1.82, 2.24) is 29.8 Å². The number of nitrogens with zero attached hydrogens (tertiary/aromatic N) is 6. The fraction of sp³-hybridized carbons (Fsp3) is 0.680. The number of carbonyl (C=O) groups excluding carboxylic acids is 1. The van der Waals surface area contributed by atoms with Crippen molar-refractivity contribution in [2.75, 3.05) is 19.6 Å². The lowest BCUT2D eigenvalue weighted by Crippen LogP contribution is -2.49. The van der Waals surface area contributed by atoms with Crippen LogP contribution in [-0.2, 0) is 23.9 Å². The molecule has 0 aromatic carbocycles. The summed E-state index contributed by atoms with van der Waals surface area (Å²) in [6.45, 7) is 6.87. The Hall–Kier alpha value is -2.49. The van der Waals surface area contributed by atoms with Crippen molar-refractivity contribution in [3.8, 4) is 0 Å². The highest BCUT2D eigenvalue weighted by Crippen LogP contribution is 2.48. The van der Waals surface area contributed by atoms with E-state index in [0.29, 0.717) is 36.3 Å². The number of hydrogen-bond donors (Lipinski definition) is 0. The topological polar surface area (TPSA) is 67.2 Å². The summed E-state index contributed by atoms with van der Waals surface area (Å²) in [6.07, 6.45) is 5.22. The largest absolute Gasteiger partial charge is 0.417 e. The molecule has 2 aromatic heterocycles. The molecule has 2 aliphatic heterocycles. The van der Waals surface area contributed by atoms with Gasteiger partial charge in [0.05, 0.1) is 23.2 Å². The summed E-state index contributed by atoms with van der Waals surface area (Å²) < 4.78 is 41.6. The number of fused-ring (bicyclic) bond motifs is 1. The van der Waals surface area contributed by atoms with E-state index in [-0.39, 0.29) is 18.4 Å². The third-order valence-electron chi connectivity index (χ3n) is 8.54. The molecule has 1 saturated heterocycles. The van der Waals surface area contributed by atoms with E-state index in [4.69, 9.17) is 0 Å². The van der Waals surface area contributed by atoms with Crippen LogP contribution in [0.1, 0.15) is 68.8 Å². The van der Waals surface area contributed by atoms with Crippen LogP contribution >= 0.6 is 0 Å². The molecule has 4 heterocycles. The van der Waals surface area contributed by atoms with Crippen molar-refractivity contribution >= 4 is 5.91 Å². The van der Waals surface area contributed by atoms with Crippen LogP contribution in [-0.4, -0.2) is 61.4 Å². The summed E-state index contributed by atoms with van der Waals surface area (Å²) in [4.78, 5) is 22.3. The van der Waals surface area contributed by atoms with Gasteiger partial charge in [-0.2, -0.15) is 13.2 Å². The maximum Gasteiger partial charge on any atom is 0.417 e. The Morgan fingerprint density at radius 1 is 1.14 bits per heavy atom. The van der Waals surface area contributed by atoms with Crippen molar-refractivity contribution in [3.05, 3.63) is 41.5 Å². The molecule has 0 N–H and O–H groups in total. The quantitative estimate of drug-likeness (QED) is 0.646. The monoisotopic (exact) mass is 490 g/mol. The van der Waals surface area contributed by atoms with Gasteiger partial charge in [0.25, 0.3) is 0 Å². The third kappa shape index (κ3) is 4.57. The minimum absolute atomic E-state index is 0.0931. The van der Waals surface area contributed by atoms with Crippen molar-refractivity contribution < 1.29 is 18.0 Å². The maximum atomic E-state index is 13.9. The van der Waals surface area contributed by atoms with Gasteiger partial charge < -0.3 is 9.80 Å². The average molecular weight is 491 g/mol. The molecule has 2 fully saturated rings. The highest BCUT2D eigenvalue weighted by molar-refractivity contribution is 5.83. The first-order chi connectivity index (χ1) is 16.7. The summed E-state index contributed by atoms with van der Waals surface area (Å²) in [7, 11) is 0. The maximum absolute atomic E-state index is 13.9. The number of hydrogen-bond acceptors (Lipinski definition) is 5. The molecule has 1 saturated carbocycles. The van der Waals surface area contributed by atoms with Gasteiger partial charge in [-0.15, -0.1) is 5.10 Å². The van der Waals surface area contributed by atoms with E-state index >= 15 is 0 Å². The van der Waals surface area contributed by atoms with Crippen LogP contribution in [0.15, 0.2) is 24.7 Å². The second kappa shape index (κ2) is 9.19. The molecule has 1 amide bonds. The molecule has 35 heavy (non-hydrogen) atoms. The Morgan fingerprint density at radius 3 is 2.57 bits per heavy atom. The second-order valence-corrected chi connectivity index (χ2v) is 10.7. The molecule has 2 aromatic rings. The van der Waals surface area contributed by atoms with Crippen LogP contribution in [0.25, 0.3) is 0 Å². The number of carbonyl (C=O) groups is 1. The van der Waals surface area contributed by atoms with E-state index in [1.807, 2.05) is 10.9 Å². The molecule has 190 valence electrons. The van der Waals surface area contributed by atoms with E-state index in [1.54, 1.807) is 11.1 Å². The molecule has 0 bridgehead atoms. The third-order valence-corrected chi connectivity index (χ3v) is 8.54. The van der Waals surface area contributed by atoms with E-state index in [1.165, 1.54) is 6.07 Å². The number of alkyl halides is 3. The predicted molar refractivity (Wildman–Crippen MR) is 123 cm³/mol. The molecule has 5 rings (SSSR count). The number of rotatable bonds is 4. The second-order valence-electron chi connectivity index (χ2n) is 10.7. The number of pyridine rings is 1. The molecule has 0 radical (unpaired) electrons. The number of amides is 1. The highest BCUT2D eigenvalue weighted by atomic mass is 19.4. The predicted octanol–water partition coefficient (Wildman–Crippen LogP) is 4.11. The van der Waals surface area contributed by atoms with E-state index in [0.717, 1.165) is 51.4 Å². The number of aromatic nitrogens is 4. The molecule has 7 nitrogen and oxygen atoms in total. The minimum Gasteiger partial charge on any atom is -0.337 e. The SMILES string of the molecule is CC(C)[C@]1(C(=O)N2CCc3ncc(C(F)(F)F)cc3C2)CCC(N2CCC(n3ccnn3)CC2)C1.